The molecule has 0 aromatic heterocycles. The highest BCUT2D eigenvalue weighted by Crippen LogP contribution is 2.10. The van der Waals surface area contributed by atoms with Gasteiger partial charge in [-0.2, -0.15) is 8.42 Å². The fraction of sp³-hybridized carbons (Fsp3) is 0.455. The van der Waals surface area contributed by atoms with E-state index >= 15 is 0 Å². The largest absolute Gasteiger partial charge is 0.376 e. The lowest BCUT2D eigenvalue weighted by molar-refractivity contribution is 0.0566. The molecule has 1 aromatic carbocycles. The Balaban J connectivity index is 2.48. The fourth-order valence-corrected chi connectivity index (χ4v) is 2.00. The van der Waals surface area contributed by atoms with E-state index in [0.717, 1.165) is 0 Å². The van der Waals surface area contributed by atoms with Gasteiger partial charge >= 0.3 is 0 Å². The number of ether oxygens (including phenoxy) is 1. The summed E-state index contributed by atoms with van der Waals surface area (Å²) < 4.78 is 33.2. The summed E-state index contributed by atoms with van der Waals surface area (Å²) in [5.41, 5.74) is 0. The fourth-order valence-electron chi connectivity index (χ4n) is 1.08. The van der Waals surface area contributed by atoms with Crippen molar-refractivity contribution in [1.29, 1.82) is 0 Å². The lowest BCUT2D eigenvalue weighted by Gasteiger charge is -2.08. The summed E-state index contributed by atoms with van der Waals surface area (Å²) >= 11 is 0. The van der Waals surface area contributed by atoms with Crippen LogP contribution in [0.2, 0.25) is 0 Å². The van der Waals surface area contributed by atoms with Crippen LogP contribution in [0.3, 0.4) is 0 Å². The average Bonchev–Trinajstić information content (AvgIpc) is 2.26. The quantitative estimate of drug-likeness (QED) is 0.566. The van der Waals surface area contributed by atoms with Gasteiger partial charge in [-0.15, -0.1) is 0 Å². The summed E-state index contributed by atoms with van der Waals surface area (Å²) in [4.78, 5) is 0.166. The molecule has 0 bridgehead atoms. The van der Waals surface area contributed by atoms with Gasteiger partial charge < -0.3 is 4.74 Å². The molecule has 0 unspecified atom stereocenters. The van der Waals surface area contributed by atoms with E-state index in [1.807, 2.05) is 13.8 Å². The van der Waals surface area contributed by atoms with Gasteiger partial charge in [0.15, 0.2) is 0 Å². The minimum Gasteiger partial charge on any atom is -0.376 e. The molecule has 0 aliphatic carbocycles. The van der Waals surface area contributed by atoms with Crippen molar-refractivity contribution in [3.8, 4) is 0 Å². The first-order valence-corrected chi connectivity index (χ1v) is 6.49. The molecule has 0 atom stereocenters. The van der Waals surface area contributed by atoms with Crippen LogP contribution in [0, 0.1) is 0 Å². The van der Waals surface area contributed by atoms with Crippen molar-refractivity contribution in [3.63, 3.8) is 0 Å². The molecule has 0 radical (unpaired) electrons. The molecule has 90 valence electrons. The number of hydrogen-bond donors (Lipinski definition) is 0. The predicted molar refractivity (Wildman–Crippen MR) is 60.7 cm³/mol. The van der Waals surface area contributed by atoms with Crippen LogP contribution < -0.4 is 0 Å². The van der Waals surface area contributed by atoms with E-state index in [-0.39, 0.29) is 24.2 Å². The van der Waals surface area contributed by atoms with E-state index in [4.69, 9.17) is 8.92 Å². The minimum absolute atomic E-state index is 0.0371. The van der Waals surface area contributed by atoms with Crippen molar-refractivity contribution >= 4 is 10.1 Å². The standard InChI is InChI=1S/C11H16O4S/c1-10(2)14-8-9-15-16(12,13)11-6-4-3-5-7-11/h3-7,10H,8-9H2,1-2H3. The molecule has 16 heavy (non-hydrogen) atoms. The number of benzene rings is 1. The molecule has 0 N–H and O–H groups in total. The molecule has 0 aliphatic heterocycles. The molecule has 0 amide bonds. The SMILES string of the molecule is CC(C)OCCOS(=O)(=O)c1ccccc1. The maximum absolute atomic E-state index is 11.6. The second kappa shape index (κ2) is 5.98. The van der Waals surface area contributed by atoms with Crippen LogP contribution in [0.25, 0.3) is 0 Å². The Kier molecular flexibility index (Phi) is 4.92. The zero-order chi connectivity index (χ0) is 12.0. The van der Waals surface area contributed by atoms with Crippen LogP contribution in [-0.4, -0.2) is 27.7 Å². The molecule has 0 fully saturated rings. The van der Waals surface area contributed by atoms with Crippen molar-refractivity contribution in [2.24, 2.45) is 0 Å². The van der Waals surface area contributed by atoms with Crippen molar-refractivity contribution in [3.05, 3.63) is 30.3 Å². The predicted octanol–water partition coefficient (Wildman–Crippen LogP) is 1.82. The topological polar surface area (TPSA) is 52.6 Å². The van der Waals surface area contributed by atoms with Gasteiger partial charge in [0, 0.05) is 0 Å². The number of rotatable bonds is 6. The Morgan fingerprint density at radius 1 is 1.12 bits per heavy atom. The summed E-state index contributed by atoms with van der Waals surface area (Å²) in [6, 6.07) is 8.06. The third-order valence-electron chi connectivity index (χ3n) is 1.80. The highest BCUT2D eigenvalue weighted by Gasteiger charge is 2.13. The average molecular weight is 244 g/mol. The smallest absolute Gasteiger partial charge is 0.297 e. The van der Waals surface area contributed by atoms with Gasteiger partial charge in [0.05, 0.1) is 24.2 Å². The first-order valence-electron chi connectivity index (χ1n) is 5.08. The maximum Gasteiger partial charge on any atom is 0.297 e. The molecule has 0 aliphatic rings. The molecule has 0 saturated carbocycles. The molecular weight excluding hydrogens is 228 g/mol. The van der Waals surface area contributed by atoms with Gasteiger partial charge in [-0.25, -0.2) is 0 Å². The molecule has 0 spiro atoms. The van der Waals surface area contributed by atoms with Crippen LogP contribution in [-0.2, 0) is 19.0 Å². The summed E-state index contributed by atoms with van der Waals surface area (Å²) in [7, 11) is -3.64. The van der Waals surface area contributed by atoms with Crippen LogP contribution in [0.4, 0.5) is 0 Å². The van der Waals surface area contributed by atoms with Crippen LogP contribution >= 0.6 is 0 Å². The van der Waals surface area contributed by atoms with Gasteiger partial charge in [0.2, 0.25) is 0 Å². The van der Waals surface area contributed by atoms with Crippen molar-refractivity contribution in [1.82, 2.24) is 0 Å². The van der Waals surface area contributed by atoms with E-state index in [0.29, 0.717) is 0 Å². The summed E-state index contributed by atoms with van der Waals surface area (Å²) in [6.45, 7) is 4.07. The van der Waals surface area contributed by atoms with Crippen molar-refractivity contribution in [2.45, 2.75) is 24.8 Å². The monoisotopic (exact) mass is 244 g/mol. The first-order chi connectivity index (χ1) is 7.52. The summed E-state index contributed by atoms with van der Waals surface area (Å²) in [6.07, 6.45) is 0.0722. The van der Waals surface area contributed by atoms with Crippen molar-refractivity contribution in [2.75, 3.05) is 13.2 Å². The zero-order valence-electron chi connectivity index (χ0n) is 9.42. The minimum atomic E-state index is -3.64. The molecule has 0 heterocycles. The maximum atomic E-state index is 11.6. The highest BCUT2D eigenvalue weighted by molar-refractivity contribution is 7.86. The molecule has 1 aromatic rings. The summed E-state index contributed by atoms with van der Waals surface area (Å²) in [5.74, 6) is 0. The molecule has 0 saturated heterocycles. The van der Waals surface area contributed by atoms with E-state index in [1.54, 1.807) is 18.2 Å². The van der Waals surface area contributed by atoms with Crippen molar-refractivity contribution < 1.29 is 17.3 Å². The Morgan fingerprint density at radius 3 is 2.31 bits per heavy atom. The van der Waals surface area contributed by atoms with Gasteiger partial charge in [-0.3, -0.25) is 4.18 Å². The Hall–Kier alpha value is -0.910. The van der Waals surface area contributed by atoms with Gasteiger partial charge in [0.1, 0.15) is 0 Å². The van der Waals surface area contributed by atoms with Crippen LogP contribution in [0.1, 0.15) is 13.8 Å². The third kappa shape index (κ3) is 4.30. The zero-order valence-corrected chi connectivity index (χ0v) is 10.2. The van der Waals surface area contributed by atoms with Gasteiger partial charge in [0.25, 0.3) is 10.1 Å². The second-order valence-electron chi connectivity index (χ2n) is 3.51. The first kappa shape index (κ1) is 13.2. The molecule has 4 nitrogen and oxygen atoms in total. The van der Waals surface area contributed by atoms with Gasteiger partial charge in [-0.05, 0) is 26.0 Å². The Morgan fingerprint density at radius 2 is 1.75 bits per heavy atom. The van der Waals surface area contributed by atoms with Crippen LogP contribution in [0.15, 0.2) is 35.2 Å². The molecular formula is C11H16O4S. The van der Waals surface area contributed by atoms with Crippen LogP contribution in [0.5, 0.6) is 0 Å². The Labute approximate surface area is 96.3 Å². The Bertz CT molecular complexity index is 397. The number of hydrogen-bond acceptors (Lipinski definition) is 4. The lowest BCUT2D eigenvalue weighted by Crippen LogP contribution is -2.14. The van der Waals surface area contributed by atoms with E-state index in [2.05, 4.69) is 0 Å². The second-order valence-corrected chi connectivity index (χ2v) is 5.12. The normalized spacial score (nSPS) is 11.9. The van der Waals surface area contributed by atoms with Gasteiger partial charge in [-0.1, -0.05) is 18.2 Å². The molecule has 1 rings (SSSR count). The van der Waals surface area contributed by atoms with E-state index < -0.39 is 10.1 Å². The third-order valence-corrected chi connectivity index (χ3v) is 3.13. The summed E-state index contributed by atoms with van der Waals surface area (Å²) in [5, 5.41) is 0. The van der Waals surface area contributed by atoms with E-state index in [1.165, 1.54) is 12.1 Å². The molecule has 5 heteroatoms. The lowest BCUT2D eigenvalue weighted by atomic mass is 10.4. The van der Waals surface area contributed by atoms with E-state index in [9.17, 15) is 8.42 Å². The highest BCUT2D eigenvalue weighted by atomic mass is 32.2.